The van der Waals surface area contributed by atoms with Crippen LogP contribution in [0.5, 0.6) is 5.75 Å². The zero-order valence-corrected chi connectivity index (χ0v) is 14.5. The highest BCUT2D eigenvalue weighted by Gasteiger charge is 2.32. The highest BCUT2D eigenvalue weighted by molar-refractivity contribution is 7.92. The fraction of sp³-hybridized carbons (Fsp3) is 0.188. The van der Waals surface area contributed by atoms with Gasteiger partial charge in [0.1, 0.15) is 0 Å². The standard InChI is InChI=1S/C16H15F3N2O4S/c1-10-7-8-11(9-13(10)21-26(2,23)24)15(22)20-12-5-3-4-6-14(12)25-16(17,18)19/h3-9,21H,1-2H3,(H,20,22). The van der Waals surface area contributed by atoms with E-state index in [4.69, 9.17) is 0 Å². The number of rotatable bonds is 5. The number of alkyl halides is 3. The molecule has 0 aliphatic heterocycles. The van der Waals surface area contributed by atoms with Gasteiger partial charge in [0.15, 0.2) is 5.75 Å². The molecule has 2 rings (SSSR count). The van der Waals surface area contributed by atoms with Crippen molar-refractivity contribution in [2.45, 2.75) is 13.3 Å². The van der Waals surface area contributed by atoms with Gasteiger partial charge >= 0.3 is 6.36 Å². The smallest absolute Gasteiger partial charge is 0.404 e. The molecule has 0 aromatic heterocycles. The summed E-state index contributed by atoms with van der Waals surface area (Å²) in [6, 6.07) is 9.31. The summed E-state index contributed by atoms with van der Waals surface area (Å²) in [5.41, 5.74) is 0.657. The number of benzene rings is 2. The zero-order chi connectivity index (χ0) is 19.5. The Balaban J connectivity index is 2.27. The van der Waals surface area contributed by atoms with Crippen LogP contribution in [0.25, 0.3) is 0 Å². The van der Waals surface area contributed by atoms with Crippen LogP contribution in [0.3, 0.4) is 0 Å². The number of carbonyl (C=O) groups excluding carboxylic acids is 1. The Morgan fingerprint density at radius 3 is 2.35 bits per heavy atom. The Morgan fingerprint density at radius 1 is 1.08 bits per heavy atom. The number of amides is 1. The predicted octanol–water partition coefficient (Wildman–Crippen LogP) is 3.52. The molecule has 0 bridgehead atoms. The predicted molar refractivity (Wildman–Crippen MR) is 90.7 cm³/mol. The second kappa shape index (κ2) is 7.24. The van der Waals surface area contributed by atoms with Crippen LogP contribution < -0.4 is 14.8 Å². The summed E-state index contributed by atoms with van der Waals surface area (Å²) in [4.78, 5) is 12.3. The van der Waals surface area contributed by atoms with Gasteiger partial charge in [0.25, 0.3) is 5.91 Å². The van der Waals surface area contributed by atoms with Crippen molar-refractivity contribution < 1.29 is 31.1 Å². The highest BCUT2D eigenvalue weighted by atomic mass is 32.2. The normalized spacial score (nSPS) is 11.7. The monoisotopic (exact) mass is 388 g/mol. The van der Waals surface area contributed by atoms with Gasteiger partial charge in [0.2, 0.25) is 10.0 Å². The maximum atomic E-state index is 12.4. The van der Waals surface area contributed by atoms with E-state index >= 15 is 0 Å². The minimum atomic E-state index is -4.91. The topological polar surface area (TPSA) is 84.5 Å². The van der Waals surface area contributed by atoms with Gasteiger partial charge in [-0.1, -0.05) is 18.2 Å². The summed E-state index contributed by atoms with van der Waals surface area (Å²) < 4.78 is 66.2. The average molecular weight is 388 g/mol. The van der Waals surface area contributed by atoms with Crippen molar-refractivity contribution in [3.8, 4) is 5.75 Å². The number of nitrogens with one attached hydrogen (secondary N) is 2. The van der Waals surface area contributed by atoms with E-state index in [2.05, 4.69) is 14.8 Å². The SMILES string of the molecule is Cc1ccc(C(=O)Nc2ccccc2OC(F)(F)F)cc1NS(C)(=O)=O. The molecule has 0 radical (unpaired) electrons. The lowest BCUT2D eigenvalue weighted by molar-refractivity contribution is -0.274. The van der Waals surface area contributed by atoms with E-state index in [0.717, 1.165) is 12.3 Å². The van der Waals surface area contributed by atoms with Crippen LogP contribution in [-0.2, 0) is 10.0 Å². The first kappa shape index (κ1) is 19.6. The Bertz CT molecular complexity index is 927. The van der Waals surface area contributed by atoms with Gasteiger partial charge < -0.3 is 10.1 Å². The first-order valence-corrected chi connectivity index (χ1v) is 9.08. The Morgan fingerprint density at radius 2 is 1.73 bits per heavy atom. The molecule has 0 atom stereocenters. The van der Waals surface area contributed by atoms with Crippen LogP contribution >= 0.6 is 0 Å². The van der Waals surface area contributed by atoms with Crippen molar-refractivity contribution in [1.82, 2.24) is 0 Å². The van der Waals surface area contributed by atoms with Crippen molar-refractivity contribution in [1.29, 1.82) is 0 Å². The summed E-state index contributed by atoms with van der Waals surface area (Å²) >= 11 is 0. The van der Waals surface area contributed by atoms with Crippen molar-refractivity contribution in [3.63, 3.8) is 0 Å². The largest absolute Gasteiger partial charge is 0.573 e. The lowest BCUT2D eigenvalue weighted by Crippen LogP contribution is -2.19. The first-order valence-electron chi connectivity index (χ1n) is 7.19. The zero-order valence-electron chi connectivity index (χ0n) is 13.7. The molecule has 0 unspecified atom stereocenters. The van der Waals surface area contributed by atoms with Gasteiger partial charge in [-0.3, -0.25) is 9.52 Å². The number of hydrogen-bond donors (Lipinski definition) is 2. The second-order valence-electron chi connectivity index (χ2n) is 5.40. The third-order valence-electron chi connectivity index (χ3n) is 3.16. The molecule has 6 nitrogen and oxygen atoms in total. The molecule has 0 aliphatic rings. The summed E-state index contributed by atoms with van der Waals surface area (Å²) in [6.07, 6.45) is -3.94. The molecule has 1 amide bonds. The van der Waals surface area contributed by atoms with Crippen molar-refractivity contribution in [3.05, 3.63) is 53.6 Å². The van der Waals surface area contributed by atoms with Gasteiger partial charge in [-0.2, -0.15) is 0 Å². The van der Waals surface area contributed by atoms with Crippen LogP contribution in [0.1, 0.15) is 15.9 Å². The Hall–Kier alpha value is -2.75. The number of sulfonamides is 1. The van der Waals surface area contributed by atoms with Crippen molar-refractivity contribution in [2.24, 2.45) is 0 Å². The average Bonchev–Trinajstić information content (AvgIpc) is 2.48. The minimum Gasteiger partial charge on any atom is -0.404 e. The molecular formula is C16H15F3N2O4S. The van der Waals surface area contributed by atoms with E-state index in [1.165, 1.54) is 36.4 Å². The molecule has 0 heterocycles. The van der Waals surface area contributed by atoms with Gasteiger partial charge in [-0.15, -0.1) is 13.2 Å². The van der Waals surface area contributed by atoms with Gasteiger partial charge in [0.05, 0.1) is 17.6 Å². The van der Waals surface area contributed by atoms with Crippen LogP contribution in [0.2, 0.25) is 0 Å². The van der Waals surface area contributed by atoms with Gasteiger partial charge in [-0.25, -0.2) is 8.42 Å². The van der Waals surface area contributed by atoms with Crippen LogP contribution in [-0.4, -0.2) is 26.9 Å². The quantitative estimate of drug-likeness (QED) is 0.821. The number of halogens is 3. The maximum Gasteiger partial charge on any atom is 0.573 e. The molecular weight excluding hydrogens is 373 g/mol. The summed E-state index contributed by atoms with van der Waals surface area (Å²) in [5, 5.41) is 2.32. The number of hydrogen-bond acceptors (Lipinski definition) is 4. The molecule has 0 saturated carbocycles. The molecule has 140 valence electrons. The maximum absolute atomic E-state index is 12.4. The highest BCUT2D eigenvalue weighted by Crippen LogP contribution is 2.30. The molecule has 0 fully saturated rings. The third kappa shape index (κ3) is 5.66. The summed E-state index contributed by atoms with van der Waals surface area (Å²) in [7, 11) is -3.55. The number of carbonyl (C=O) groups is 1. The van der Waals surface area contributed by atoms with Gasteiger partial charge in [0, 0.05) is 5.56 Å². The van der Waals surface area contributed by atoms with E-state index in [9.17, 15) is 26.4 Å². The van der Waals surface area contributed by atoms with E-state index in [1.807, 2.05) is 0 Å². The fourth-order valence-electron chi connectivity index (χ4n) is 2.05. The molecule has 0 spiro atoms. The number of anilines is 2. The van der Waals surface area contributed by atoms with E-state index in [1.54, 1.807) is 6.92 Å². The van der Waals surface area contributed by atoms with Crippen molar-refractivity contribution in [2.75, 3.05) is 16.3 Å². The first-order chi connectivity index (χ1) is 11.9. The van der Waals surface area contributed by atoms with Crippen LogP contribution in [0, 0.1) is 6.92 Å². The van der Waals surface area contributed by atoms with E-state index in [-0.39, 0.29) is 16.9 Å². The van der Waals surface area contributed by atoms with Crippen LogP contribution in [0.15, 0.2) is 42.5 Å². The molecule has 0 saturated heterocycles. The van der Waals surface area contributed by atoms with Crippen LogP contribution in [0.4, 0.5) is 24.5 Å². The third-order valence-corrected chi connectivity index (χ3v) is 3.75. The molecule has 2 aromatic carbocycles. The number of ether oxygens (including phenoxy) is 1. The van der Waals surface area contributed by atoms with Gasteiger partial charge in [-0.05, 0) is 36.8 Å². The van der Waals surface area contributed by atoms with E-state index in [0.29, 0.717) is 5.56 Å². The number of para-hydroxylation sites is 2. The second-order valence-corrected chi connectivity index (χ2v) is 7.15. The molecule has 10 heteroatoms. The Labute approximate surface area is 148 Å². The fourth-order valence-corrected chi connectivity index (χ4v) is 2.67. The van der Waals surface area contributed by atoms with Crippen molar-refractivity contribution >= 4 is 27.3 Å². The van der Waals surface area contributed by atoms with E-state index < -0.39 is 28.0 Å². The summed E-state index contributed by atoms with van der Waals surface area (Å²) in [6.45, 7) is 1.64. The molecule has 2 N–H and O–H groups in total. The molecule has 26 heavy (non-hydrogen) atoms. The molecule has 2 aromatic rings. The lowest BCUT2D eigenvalue weighted by Gasteiger charge is -2.14. The Kier molecular flexibility index (Phi) is 5.45. The number of aryl methyl sites for hydroxylation is 1. The minimum absolute atomic E-state index is 0.0589. The lowest BCUT2D eigenvalue weighted by atomic mass is 10.1. The molecule has 0 aliphatic carbocycles. The summed E-state index contributed by atoms with van der Waals surface area (Å²) in [5.74, 6) is -1.28.